The van der Waals surface area contributed by atoms with E-state index >= 15 is 0 Å². The average Bonchev–Trinajstić information content (AvgIpc) is 3.44. The maximum absolute atomic E-state index is 14.6. The molecule has 10 unspecified atom stereocenters. The summed E-state index contributed by atoms with van der Waals surface area (Å²) < 4.78 is 17.6. The predicted octanol–water partition coefficient (Wildman–Crippen LogP) is 0.969. The first-order valence-electron chi connectivity index (χ1n) is 29.5. The predicted molar refractivity (Wildman–Crippen MR) is 296 cm³/mol. The van der Waals surface area contributed by atoms with Gasteiger partial charge in [0.1, 0.15) is 54.2 Å². The monoisotopic (exact) mass is 1150 g/mol. The van der Waals surface area contributed by atoms with Crippen LogP contribution in [-0.2, 0) is 57.4 Å². The standard InChI is InChI=1S/C59H100N4O18/c1-26(2)38(21-43(69)48(60)30(9)20-45-32(11)55(52(73)47(25-65)79-45)81-59-54(75)53(74)51(72)46(24-64)80-59)50(71)37-18-16-15-17-36(37)42(68)19-31(10)56(76)62-34(13)41(67)22-39(27(3)4)58(78)63-49(29(7)8)44(70)23-40(28(5)6)57(77)61-33(12)35(14)66/h26-34,36-40,45-49,51-55,59,64-65,72-75H,15-25,60H2,1-14H3,(H,61,77)(H,62,76)(H,63,78)/p+1/t30?,31?,32?,33-,34-,36+,37?,38?,39?,40?,45+,46?,47?,48-,49-,51-,52-,53-,54?,55+,59-/m0/s1. The second kappa shape index (κ2) is 32.3. The Morgan fingerprint density at radius 2 is 1.05 bits per heavy atom. The van der Waals surface area contributed by atoms with Crippen molar-refractivity contribution in [2.75, 3.05) is 13.2 Å². The maximum atomic E-state index is 14.6. The van der Waals surface area contributed by atoms with Gasteiger partial charge in [-0.05, 0) is 63.7 Å². The van der Waals surface area contributed by atoms with Gasteiger partial charge in [-0.3, -0.25) is 43.2 Å². The maximum Gasteiger partial charge on any atom is 0.224 e. The van der Waals surface area contributed by atoms with Crippen molar-refractivity contribution in [2.24, 2.45) is 71.0 Å². The van der Waals surface area contributed by atoms with Gasteiger partial charge in [0, 0.05) is 73.0 Å². The minimum absolute atomic E-state index is 0.142. The molecule has 3 rings (SSSR count). The zero-order valence-corrected chi connectivity index (χ0v) is 50.5. The van der Waals surface area contributed by atoms with Crippen LogP contribution in [0.2, 0.25) is 0 Å². The summed E-state index contributed by atoms with van der Waals surface area (Å²) in [4.78, 5) is 123. The van der Waals surface area contributed by atoms with Crippen molar-refractivity contribution in [1.82, 2.24) is 16.0 Å². The fraction of sp³-hybridized carbons (Fsp3) is 0.847. The molecule has 22 nitrogen and oxygen atoms in total. The van der Waals surface area contributed by atoms with Gasteiger partial charge in [0.15, 0.2) is 29.4 Å². The molecule has 464 valence electrons. The van der Waals surface area contributed by atoms with E-state index in [1.807, 2.05) is 13.8 Å². The molecule has 1 aliphatic carbocycles. The lowest BCUT2D eigenvalue weighted by Gasteiger charge is -2.47. The van der Waals surface area contributed by atoms with Crippen LogP contribution >= 0.6 is 0 Å². The van der Waals surface area contributed by atoms with Crippen molar-refractivity contribution in [3.05, 3.63) is 0 Å². The number of quaternary nitrogens is 1. The molecule has 0 aromatic carbocycles. The summed E-state index contributed by atoms with van der Waals surface area (Å²) in [5.74, 6) is -10.3. The Kier molecular flexibility index (Phi) is 28.5. The molecule has 22 heteroatoms. The van der Waals surface area contributed by atoms with Crippen molar-refractivity contribution in [1.29, 1.82) is 0 Å². The molecule has 3 aliphatic rings. The van der Waals surface area contributed by atoms with Gasteiger partial charge in [-0.15, -0.1) is 0 Å². The number of Topliss-reactive ketones (excluding diaryl/α,β-unsaturated/α-hetero) is 6. The number of aliphatic hydroxyl groups is 6. The van der Waals surface area contributed by atoms with Crippen molar-refractivity contribution in [3.8, 4) is 0 Å². The Balaban J connectivity index is 1.64. The Labute approximate surface area is 478 Å². The van der Waals surface area contributed by atoms with Gasteiger partial charge in [0.2, 0.25) is 17.7 Å². The van der Waals surface area contributed by atoms with Crippen LogP contribution in [-0.4, -0.2) is 176 Å². The first-order chi connectivity index (χ1) is 37.7. The number of ketones is 6. The summed E-state index contributed by atoms with van der Waals surface area (Å²) in [5.41, 5.74) is 4.19. The molecule has 0 aromatic heterocycles. The van der Waals surface area contributed by atoms with Gasteiger partial charge in [-0.25, -0.2) is 0 Å². The quantitative estimate of drug-likeness (QED) is 0.0449. The minimum Gasteiger partial charge on any atom is -0.394 e. The van der Waals surface area contributed by atoms with E-state index in [1.54, 1.807) is 69.2 Å². The van der Waals surface area contributed by atoms with Gasteiger partial charge in [-0.1, -0.05) is 89.0 Å². The third-order valence-corrected chi connectivity index (χ3v) is 17.5. The molecule has 81 heavy (non-hydrogen) atoms. The summed E-state index contributed by atoms with van der Waals surface area (Å²) in [6, 6.07) is -3.57. The van der Waals surface area contributed by atoms with Crippen LogP contribution in [0.25, 0.3) is 0 Å². The summed E-state index contributed by atoms with van der Waals surface area (Å²) in [6.07, 6.45) is -10.7. The van der Waals surface area contributed by atoms with E-state index in [0.717, 1.165) is 0 Å². The lowest BCUT2D eigenvalue weighted by atomic mass is 9.68. The molecule has 2 aliphatic heterocycles. The molecule has 3 fully saturated rings. The number of ether oxygens (including phenoxy) is 3. The van der Waals surface area contributed by atoms with Gasteiger partial charge >= 0.3 is 0 Å². The number of rotatable bonds is 32. The van der Waals surface area contributed by atoms with E-state index in [2.05, 4.69) is 21.7 Å². The summed E-state index contributed by atoms with van der Waals surface area (Å²) in [5, 5.41) is 70.4. The van der Waals surface area contributed by atoms with E-state index in [0.29, 0.717) is 25.7 Å². The van der Waals surface area contributed by atoms with Gasteiger partial charge < -0.3 is 66.5 Å². The largest absolute Gasteiger partial charge is 0.394 e. The molecular weight excluding hydrogens is 1050 g/mol. The number of hydrogen-bond donors (Lipinski definition) is 10. The van der Waals surface area contributed by atoms with Gasteiger partial charge in [-0.2, -0.15) is 0 Å². The third kappa shape index (κ3) is 19.3. The number of nitrogens with one attached hydrogen (secondary N) is 3. The van der Waals surface area contributed by atoms with E-state index in [1.165, 1.54) is 13.8 Å². The molecule has 21 atom stereocenters. The highest BCUT2D eigenvalue weighted by molar-refractivity contribution is 5.98. The van der Waals surface area contributed by atoms with Crippen molar-refractivity contribution in [3.63, 3.8) is 0 Å². The number of amides is 3. The van der Waals surface area contributed by atoms with Crippen molar-refractivity contribution in [2.45, 2.75) is 234 Å². The fourth-order valence-corrected chi connectivity index (χ4v) is 11.4. The first kappa shape index (κ1) is 71.3. The molecule has 2 saturated heterocycles. The highest BCUT2D eigenvalue weighted by Crippen LogP contribution is 2.38. The molecular formula is C59H101N4O18+. The smallest absolute Gasteiger partial charge is 0.224 e. The van der Waals surface area contributed by atoms with E-state index in [4.69, 9.17) is 14.2 Å². The number of carbonyl (C=O) groups excluding carboxylic acids is 9. The summed E-state index contributed by atoms with van der Waals surface area (Å²) >= 11 is 0. The average molecular weight is 1150 g/mol. The molecule has 12 N–H and O–H groups in total. The zero-order chi connectivity index (χ0) is 61.7. The molecule has 0 bridgehead atoms. The normalized spacial score (nSPS) is 29.6. The Morgan fingerprint density at radius 1 is 0.556 bits per heavy atom. The van der Waals surface area contributed by atoms with Crippen LogP contribution in [0.5, 0.6) is 0 Å². The van der Waals surface area contributed by atoms with Crippen LogP contribution < -0.4 is 21.7 Å². The van der Waals surface area contributed by atoms with Crippen LogP contribution in [0.4, 0.5) is 0 Å². The molecule has 1 saturated carbocycles. The van der Waals surface area contributed by atoms with Gasteiger partial charge in [0.25, 0.3) is 0 Å². The van der Waals surface area contributed by atoms with Crippen molar-refractivity contribution >= 4 is 52.4 Å². The van der Waals surface area contributed by atoms with Crippen LogP contribution in [0.1, 0.15) is 155 Å². The van der Waals surface area contributed by atoms with E-state index in [9.17, 15) is 73.8 Å². The van der Waals surface area contributed by atoms with Gasteiger partial charge in [0.05, 0.1) is 43.5 Å². The Hall–Kier alpha value is -3.97. The molecule has 0 spiro atoms. The highest BCUT2D eigenvalue weighted by Gasteiger charge is 2.51. The second-order valence-corrected chi connectivity index (χ2v) is 25.2. The second-order valence-electron chi connectivity index (χ2n) is 25.2. The third-order valence-electron chi connectivity index (χ3n) is 17.5. The zero-order valence-electron chi connectivity index (χ0n) is 50.5. The van der Waals surface area contributed by atoms with Crippen molar-refractivity contribution < 1.29 is 93.7 Å². The lowest BCUT2D eigenvalue weighted by molar-refractivity contribution is -0.416. The first-order valence-corrected chi connectivity index (χ1v) is 29.5. The molecule has 3 amide bonds. The lowest BCUT2D eigenvalue weighted by Crippen LogP contribution is -2.69. The minimum atomic E-state index is -1.74. The highest BCUT2D eigenvalue weighted by atomic mass is 16.7. The molecule has 0 radical (unpaired) electrons. The van der Waals surface area contributed by atoms with Crippen LogP contribution in [0.15, 0.2) is 0 Å². The molecule has 2 heterocycles. The van der Waals surface area contributed by atoms with E-state index in [-0.39, 0.29) is 84.7 Å². The molecule has 0 aromatic rings. The number of hydrogen-bond acceptors (Lipinski definition) is 18. The van der Waals surface area contributed by atoms with E-state index < -0.39 is 163 Å². The summed E-state index contributed by atoms with van der Waals surface area (Å²) in [6.45, 7) is 22.5. The Bertz CT molecular complexity index is 2140. The Morgan fingerprint density at radius 3 is 1.57 bits per heavy atom. The fourth-order valence-electron chi connectivity index (χ4n) is 11.4. The number of aliphatic hydroxyl groups excluding tert-OH is 6. The topological polar surface area (TPSA) is 366 Å². The van der Waals surface area contributed by atoms with Crippen LogP contribution in [0, 0.1) is 71.0 Å². The SMILES string of the molecule is CC(=O)[C@H](C)NC(=O)C(CC(=O)[C@@H](NC(=O)C(CC(=O)[C@H](C)NC(=O)C(C)CC(=O)[C@@H]1CCCCC1C(=O)C(CC(=O)[C@@H]([NH3+])C(C)C[C@H]1OC(CO)[C@H](O)[C@H](O[C@@H]2OC(CO)[C@H](O)[C@H](O)C2O)C1C)C(C)C)C(C)C)C(C)C)C(C)C. The summed E-state index contributed by atoms with van der Waals surface area (Å²) in [7, 11) is 0. The number of carbonyl (C=O) groups is 9. The van der Waals surface area contributed by atoms with Crippen LogP contribution in [0.3, 0.4) is 0 Å².